The highest BCUT2D eigenvalue weighted by molar-refractivity contribution is 8.24. The summed E-state index contributed by atoms with van der Waals surface area (Å²) in [5.41, 5.74) is 0. The molecule has 0 radical (unpaired) electrons. The third-order valence-corrected chi connectivity index (χ3v) is 4.90. The Morgan fingerprint density at radius 3 is 1.36 bits per heavy atom. The van der Waals surface area contributed by atoms with E-state index in [1.165, 1.54) is 6.92 Å². The van der Waals surface area contributed by atoms with Crippen molar-refractivity contribution in [2.45, 2.75) is 6.92 Å². The van der Waals surface area contributed by atoms with Gasteiger partial charge in [-0.2, -0.15) is 16.8 Å². The molecule has 0 amide bonds. The first-order valence-corrected chi connectivity index (χ1v) is 6.90. The zero-order valence-corrected chi connectivity index (χ0v) is 8.50. The van der Waals surface area contributed by atoms with Crippen LogP contribution >= 0.6 is 21.4 Å². The Morgan fingerprint density at radius 1 is 1.09 bits per heavy atom. The Kier molecular flexibility index (Phi) is 3.58. The fraction of sp³-hybridized carbons (Fsp3) is 1.00. The van der Waals surface area contributed by atoms with Crippen molar-refractivity contribution in [1.82, 2.24) is 3.71 Å². The quantitative estimate of drug-likeness (QED) is 0.666. The Morgan fingerprint density at radius 2 is 1.36 bits per heavy atom. The van der Waals surface area contributed by atoms with Crippen LogP contribution in [0.25, 0.3) is 0 Å². The molecule has 0 atom stereocenters. The van der Waals surface area contributed by atoms with E-state index >= 15 is 0 Å². The lowest BCUT2D eigenvalue weighted by molar-refractivity contribution is 0.526. The molecule has 9 heteroatoms. The zero-order valence-electron chi connectivity index (χ0n) is 5.36. The first-order valence-electron chi connectivity index (χ1n) is 2.36. The summed E-state index contributed by atoms with van der Waals surface area (Å²) in [6, 6.07) is 0. The van der Waals surface area contributed by atoms with E-state index in [-0.39, 0.29) is 10.3 Å². The summed E-state index contributed by atoms with van der Waals surface area (Å²) in [5.74, 6) is 0. The maximum Gasteiger partial charge on any atom is 0.313 e. The molecule has 0 spiro atoms. The average Bonchev–Trinajstić information content (AvgIpc) is 1.56. The summed E-state index contributed by atoms with van der Waals surface area (Å²) in [6.07, 6.45) is 0. The van der Waals surface area contributed by atoms with Crippen LogP contribution in [-0.4, -0.2) is 27.1 Å². The van der Waals surface area contributed by atoms with Gasteiger partial charge in [0.1, 0.15) is 0 Å². The third-order valence-electron chi connectivity index (χ3n) is 0.745. The molecule has 0 bridgehead atoms. The zero-order chi connectivity index (χ0) is 9.28. The largest absolute Gasteiger partial charge is 0.313 e. The van der Waals surface area contributed by atoms with Gasteiger partial charge in [0, 0.05) is 27.9 Å². The number of halogens is 2. The molecule has 0 aliphatic carbocycles. The van der Waals surface area contributed by atoms with Gasteiger partial charge in [0.2, 0.25) is 0 Å². The summed E-state index contributed by atoms with van der Waals surface area (Å²) in [7, 11) is 0.863. The number of hydrogen-bond donors (Lipinski definition) is 0. The number of rotatable bonds is 3. The first kappa shape index (κ1) is 11.4. The maximum absolute atomic E-state index is 10.4. The standard InChI is InChI=1S/C2H5Cl2NO4S2/c1-2-5(10(3,6)7)11(4,8)9/h2H2,1H3. The van der Waals surface area contributed by atoms with E-state index in [9.17, 15) is 16.8 Å². The second-order valence-corrected chi connectivity index (χ2v) is 6.57. The highest BCUT2D eigenvalue weighted by Gasteiger charge is 2.28. The minimum absolute atomic E-state index is 0.0247. The van der Waals surface area contributed by atoms with E-state index in [1.807, 2.05) is 0 Å². The van der Waals surface area contributed by atoms with Crippen LogP contribution in [-0.2, 0) is 18.5 Å². The van der Waals surface area contributed by atoms with Gasteiger partial charge in [0.15, 0.2) is 0 Å². The second-order valence-electron chi connectivity index (χ2n) is 1.47. The Hall–Kier alpha value is 0.440. The van der Waals surface area contributed by atoms with Gasteiger partial charge in [-0.1, -0.05) is 10.6 Å². The fourth-order valence-electron chi connectivity index (χ4n) is 0.415. The molecule has 0 N–H and O–H groups in total. The summed E-state index contributed by atoms with van der Waals surface area (Å²) >= 11 is 0. The van der Waals surface area contributed by atoms with Gasteiger partial charge >= 0.3 is 18.5 Å². The van der Waals surface area contributed by atoms with Crippen molar-refractivity contribution < 1.29 is 16.8 Å². The van der Waals surface area contributed by atoms with Gasteiger partial charge in [0.25, 0.3) is 0 Å². The van der Waals surface area contributed by atoms with Crippen LogP contribution < -0.4 is 0 Å². The minimum atomic E-state index is -4.29. The first-order chi connectivity index (χ1) is 4.69. The molecule has 0 unspecified atom stereocenters. The molecule has 0 aromatic rings. The van der Waals surface area contributed by atoms with Gasteiger partial charge in [-0.15, -0.1) is 0 Å². The van der Waals surface area contributed by atoms with Crippen LogP contribution in [0.15, 0.2) is 0 Å². The van der Waals surface area contributed by atoms with E-state index in [0.29, 0.717) is 0 Å². The molecule has 0 saturated heterocycles. The van der Waals surface area contributed by atoms with E-state index < -0.39 is 18.5 Å². The van der Waals surface area contributed by atoms with E-state index in [0.717, 1.165) is 0 Å². The number of nitrogens with zero attached hydrogens (tertiary/aromatic N) is 1. The summed E-state index contributed by atoms with van der Waals surface area (Å²) in [5, 5.41) is 0. The molecular formula is C2H5Cl2NO4S2. The van der Waals surface area contributed by atoms with Gasteiger partial charge in [-0.25, -0.2) is 0 Å². The minimum Gasteiger partial charge on any atom is -0.194 e. The Bertz CT molecular complexity index is 286. The van der Waals surface area contributed by atoms with Crippen LogP contribution in [0.4, 0.5) is 0 Å². The van der Waals surface area contributed by atoms with Crippen LogP contribution in [0, 0.1) is 0 Å². The number of hydrogen-bond acceptors (Lipinski definition) is 4. The van der Waals surface area contributed by atoms with E-state index in [1.54, 1.807) is 0 Å². The monoisotopic (exact) mass is 241 g/mol. The van der Waals surface area contributed by atoms with Crippen molar-refractivity contribution in [3.05, 3.63) is 0 Å². The molecule has 5 nitrogen and oxygen atoms in total. The predicted octanol–water partition coefficient (Wildman–Crippen LogP) is 0.276. The van der Waals surface area contributed by atoms with Crippen LogP contribution in [0.2, 0.25) is 0 Å². The smallest absolute Gasteiger partial charge is 0.194 e. The van der Waals surface area contributed by atoms with Gasteiger partial charge in [0.05, 0.1) is 0 Å². The molecule has 0 aliphatic heterocycles. The van der Waals surface area contributed by atoms with Crippen molar-refractivity contribution in [3.63, 3.8) is 0 Å². The Labute approximate surface area is 74.0 Å². The van der Waals surface area contributed by atoms with Crippen LogP contribution in [0.3, 0.4) is 0 Å². The van der Waals surface area contributed by atoms with Gasteiger partial charge < -0.3 is 0 Å². The van der Waals surface area contributed by atoms with Crippen LogP contribution in [0.5, 0.6) is 0 Å². The normalized spacial score (nSPS) is 13.8. The summed E-state index contributed by atoms with van der Waals surface area (Å²) in [4.78, 5) is 0. The molecule has 0 aromatic carbocycles. The maximum atomic E-state index is 10.4. The molecule has 0 fully saturated rings. The molecule has 0 rings (SSSR count). The molecule has 0 saturated carbocycles. The van der Waals surface area contributed by atoms with E-state index in [4.69, 9.17) is 21.4 Å². The van der Waals surface area contributed by atoms with Crippen molar-refractivity contribution in [2.24, 2.45) is 0 Å². The highest BCUT2D eigenvalue weighted by Crippen LogP contribution is 2.14. The average molecular weight is 242 g/mol. The highest BCUT2D eigenvalue weighted by atomic mass is 35.7. The van der Waals surface area contributed by atoms with Crippen molar-refractivity contribution >= 4 is 39.8 Å². The molecule has 0 heterocycles. The van der Waals surface area contributed by atoms with Crippen LogP contribution in [0.1, 0.15) is 6.92 Å². The van der Waals surface area contributed by atoms with Gasteiger partial charge in [-0.3, -0.25) is 0 Å². The lowest BCUT2D eigenvalue weighted by Crippen LogP contribution is -2.29. The van der Waals surface area contributed by atoms with Crippen molar-refractivity contribution in [2.75, 3.05) is 6.54 Å². The summed E-state index contributed by atoms with van der Waals surface area (Å²) < 4.78 is 41.7. The molecule has 11 heavy (non-hydrogen) atoms. The Balaban J connectivity index is 5.05. The third kappa shape index (κ3) is 3.57. The fourth-order valence-corrected chi connectivity index (χ4v) is 4.06. The lowest BCUT2D eigenvalue weighted by Gasteiger charge is -2.09. The van der Waals surface area contributed by atoms with Gasteiger partial charge in [-0.05, 0) is 0 Å². The second kappa shape index (κ2) is 3.44. The summed E-state index contributed by atoms with van der Waals surface area (Å²) in [6.45, 7) is 0.970. The van der Waals surface area contributed by atoms with Crippen molar-refractivity contribution in [3.8, 4) is 0 Å². The predicted molar refractivity (Wildman–Crippen MR) is 41.9 cm³/mol. The lowest BCUT2D eigenvalue weighted by atomic mass is 10.8. The van der Waals surface area contributed by atoms with Crippen molar-refractivity contribution in [1.29, 1.82) is 0 Å². The van der Waals surface area contributed by atoms with E-state index in [2.05, 4.69) is 0 Å². The topological polar surface area (TPSA) is 71.5 Å². The molecule has 0 aliphatic rings. The molecule has 68 valence electrons. The SMILES string of the molecule is CCN(S(=O)(=O)Cl)S(=O)(=O)Cl. The molecule has 0 aromatic heterocycles. The molecular weight excluding hydrogens is 237 g/mol.